The highest BCUT2D eigenvalue weighted by Crippen LogP contribution is 2.52. The molecule has 36 heavy (non-hydrogen) atoms. The van der Waals surface area contributed by atoms with Crippen molar-refractivity contribution in [2.75, 3.05) is 27.7 Å². The van der Waals surface area contributed by atoms with Gasteiger partial charge in [-0.3, -0.25) is 28.9 Å². The first-order chi connectivity index (χ1) is 16.9. The molecule has 1 amide bonds. The lowest BCUT2D eigenvalue weighted by molar-refractivity contribution is -0.181. The fourth-order valence-electron chi connectivity index (χ4n) is 6.36. The predicted octanol–water partition coefficient (Wildman–Crippen LogP) is -1.01. The molecule has 0 radical (unpaired) electrons. The Bertz CT molecular complexity index is 1180. The third kappa shape index (κ3) is 3.48. The first-order valence-corrected chi connectivity index (χ1v) is 11.9. The fourth-order valence-corrected chi connectivity index (χ4v) is 6.36. The number of ketones is 4. The number of aromatic hydroxyl groups is 1. The number of Topliss-reactive ketones (excluding diaryl/α,β-unsaturated/α-hetero) is 4. The summed E-state index contributed by atoms with van der Waals surface area (Å²) in [6.07, 6.45) is 0.147. The second-order valence-corrected chi connectivity index (χ2v) is 10.0. The van der Waals surface area contributed by atoms with Crippen LogP contribution in [-0.4, -0.2) is 83.5 Å². The van der Waals surface area contributed by atoms with Gasteiger partial charge in [0.1, 0.15) is 11.5 Å². The molecule has 3 aliphatic rings. The van der Waals surface area contributed by atoms with Gasteiger partial charge < -0.3 is 26.0 Å². The summed E-state index contributed by atoms with van der Waals surface area (Å²) in [6, 6.07) is 0.265. The van der Waals surface area contributed by atoms with Crippen LogP contribution in [0.3, 0.4) is 0 Å². The number of phenols is 1. The molecule has 6 atom stereocenters. The second kappa shape index (κ2) is 9.06. The number of phenolic OH excluding ortho intramolecular Hbond substituents is 1. The number of aliphatic hydroxyl groups is 1. The molecule has 2 unspecified atom stereocenters. The predicted molar refractivity (Wildman–Crippen MR) is 125 cm³/mol. The van der Waals surface area contributed by atoms with Crippen LogP contribution in [0.15, 0.2) is 6.07 Å². The maximum absolute atomic E-state index is 13.8. The third-order valence-corrected chi connectivity index (χ3v) is 7.86. The van der Waals surface area contributed by atoms with E-state index >= 15 is 0 Å². The third-order valence-electron chi connectivity index (χ3n) is 7.86. The summed E-state index contributed by atoms with van der Waals surface area (Å²) in [6.45, 7) is 2.97. The number of benzene rings is 1. The van der Waals surface area contributed by atoms with Crippen molar-refractivity contribution in [3.8, 4) is 11.5 Å². The molecule has 1 aromatic carbocycles. The van der Waals surface area contributed by atoms with E-state index in [2.05, 4.69) is 5.32 Å². The second-order valence-electron chi connectivity index (χ2n) is 10.0. The highest BCUT2D eigenvalue weighted by molar-refractivity contribution is 6.32. The van der Waals surface area contributed by atoms with Crippen molar-refractivity contribution in [2.45, 2.75) is 38.0 Å². The molecular weight excluding hydrogens is 470 g/mol. The maximum Gasteiger partial charge on any atom is 0.235 e. The van der Waals surface area contributed by atoms with Crippen LogP contribution < -0.4 is 15.8 Å². The van der Waals surface area contributed by atoms with Gasteiger partial charge in [0, 0.05) is 23.6 Å². The Morgan fingerprint density at radius 2 is 1.92 bits per heavy atom. The molecule has 11 nitrogen and oxygen atoms in total. The first kappa shape index (κ1) is 25.9. The fraction of sp³-hybridized carbons (Fsp3) is 0.560. The highest BCUT2D eigenvalue weighted by atomic mass is 16.5. The lowest BCUT2D eigenvalue weighted by atomic mass is 9.52. The van der Waals surface area contributed by atoms with Gasteiger partial charge in [-0.2, -0.15) is 0 Å². The SMILES string of the molecule is CCNCc1cc(O)c2c(c1OC)C[C@H]1C[C@H]3[C@H](N(C)C)C(=O)C(C(N)=O)C(=O)[C@@]3(O)C(=O)C1C2=O. The van der Waals surface area contributed by atoms with Gasteiger partial charge in [0.25, 0.3) is 0 Å². The minimum Gasteiger partial charge on any atom is -0.507 e. The average molecular weight is 502 g/mol. The van der Waals surface area contributed by atoms with E-state index in [0.717, 1.165) is 0 Å². The molecule has 11 heteroatoms. The number of likely N-dealkylation sites (N-methyl/N-ethyl adjacent to an activating group) is 1. The molecule has 1 aromatic rings. The van der Waals surface area contributed by atoms with Gasteiger partial charge in [0.15, 0.2) is 34.7 Å². The number of nitrogens with two attached hydrogens (primary N) is 1. The molecule has 0 saturated heterocycles. The largest absolute Gasteiger partial charge is 0.507 e. The molecule has 0 heterocycles. The van der Waals surface area contributed by atoms with Crippen molar-refractivity contribution in [1.29, 1.82) is 0 Å². The smallest absolute Gasteiger partial charge is 0.235 e. The van der Waals surface area contributed by atoms with E-state index in [-0.39, 0.29) is 24.2 Å². The molecular formula is C25H31N3O8. The van der Waals surface area contributed by atoms with E-state index in [0.29, 0.717) is 30.0 Å². The Kier molecular flexibility index (Phi) is 6.52. The van der Waals surface area contributed by atoms with E-state index < -0.39 is 64.4 Å². The monoisotopic (exact) mass is 501 g/mol. The van der Waals surface area contributed by atoms with Gasteiger partial charge in [-0.1, -0.05) is 6.92 Å². The quantitative estimate of drug-likeness (QED) is 0.353. The average Bonchev–Trinajstić information content (AvgIpc) is 2.79. The number of hydrogen-bond donors (Lipinski definition) is 4. The van der Waals surface area contributed by atoms with Crippen molar-refractivity contribution in [3.05, 3.63) is 22.8 Å². The Balaban J connectivity index is 1.86. The van der Waals surface area contributed by atoms with E-state index in [1.54, 1.807) is 14.1 Å². The summed E-state index contributed by atoms with van der Waals surface area (Å²) in [5.74, 6) is -10.3. The van der Waals surface area contributed by atoms with Crippen LogP contribution in [0.4, 0.5) is 0 Å². The Labute approximate surface area is 208 Å². The number of carbonyl (C=O) groups is 5. The van der Waals surface area contributed by atoms with Crippen molar-refractivity contribution in [2.24, 2.45) is 29.4 Å². The zero-order valence-corrected chi connectivity index (χ0v) is 20.7. The van der Waals surface area contributed by atoms with Gasteiger partial charge >= 0.3 is 0 Å². The molecule has 3 aliphatic carbocycles. The van der Waals surface area contributed by atoms with Crippen molar-refractivity contribution in [3.63, 3.8) is 0 Å². The number of rotatable bonds is 6. The van der Waals surface area contributed by atoms with E-state index in [4.69, 9.17) is 10.5 Å². The maximum atomic E-state index is 13.8. The summed E-state index contributed by atoms with van der Waals surface area (Å²) in [5.41, 5.74) is 3.58. The van der Waals surface area contributed by atoms with Crippen LogP contribution >= 0.6 is 0 Å². The molecule has 0 aliphatic heterocycles. The minimum absolute atomic E-state index is 0.00868. The molecule has 4 rings (SSSR count). The van der Waals surface area contributed by atoms with Crippen molar-refractivity contribution >= 4 is 29.0 Å². The van der Waals surface area contributed by atoms with Crippen LogP contribution in [-0.2, 0) is 32.1 Å². The van der Waals surface area contributed by atoms with Crippen LogP contribution in [0, 0.1) is 23.7 Å². The van der Waals surface area contributed by atoms with Gasteiger partial charge in [-0.05, 0) is 45.5 Å². The summed E-state index contributed by atoms with van der Waals surface area (Å²) >= 11 is 0. The number of primary amides is 1. The summed E-state index contributed by atoms with van der Waals surface area (Å²) in [5, 5.41) is 25.5. The lowest BCUT2D eigenvalue weighted by Gasteiger charge is -2.52. The normalized spacial score (nSPS) is 31.7. The van der Waals surface area contributed by atoms with Gasteiger partial charge in [-0.15, -0.1) is 0 Å². The van der Waals surface area contributed by atoms with Crippen LogP contribution in [0.1, 0.15) is 34.8 Å². The molecule has 194 valence electrons. The zero-order valence-electron chi connectivity index (χ0n) is 20.7. The summed E-state index contributed by atoms with van der Waals surface area (Å²) in [7, 11) is 4.54. The molecule has 0 aromatic heterocycles. The van der Waals surface area contributed by atoms with E-state index in [1.165, 1.54) is 18.1 Å². The van der Waals surface area contributed by atoms with Crippen molar-refractivity contribution < 1.29 is 38.9 Å². The standard InChI is InChI=1S/C25H31N3O8/c1-5-27-9-11-8-14(29)16-12(21(11)36-4)6-10-7-13-18(28(2)3)20(31)17(24(26)34)23(33)25(13,35)22(32)15(10)19(16)30/h8,10,13,15,17-18,27,29,35H,5-7,9H2,1-4H3,(H2,26,34)/t10-,13-,15?,17?,18-,25-/m0/s1. The Morgan fingerprint density at radius 3 is 2.47 bits per heavy atom. The van der Waals surface area contributed by atoms with Gasteiger partial charge in [0.2, 0.25) is 5.91 Å². The number of methoxy groups -OCH3 is 1. The van der Waals surface area contributed by atoms with Crippen LogP contribution in [0.5, 0.6) is 11.5 Å². The minimum atomic E-state index is -2.73. The number of nitrogens with one attached hydrogen (secondary N) is 1. The first-order valence-electron chi connectivity index (χ1n) is 11.9. The molecule has 0 bridgehead atoms. The summed E-state index contributed by atoms with van der Waals surface area (Å²) in [4.78, 5) is 67.3. The Hall–Kier alpha value is -3.15. The molecule has 2 saturated carbocycles. The van der Waals surface area contributed by atoms with Gasteiger partial charge in [0.05, 0.1) is 24.6 Å². The Morgan fingerprint density at radius 1 is 1.25 bits per heavy atom. The molecule has 5 N–H and O–H groups in total. The number of carbonyl (C=O) groups excluding carboxylic acids is 5. The lowest BCUT2D eigenvalue weighted by Crippen LogP contribution is -2.74. The number of amides is 1. The zero-order chi connectivity index (χ0) is 26.7. The number of fused-ring (bicyclic) bond motifs is 3. The summed E-state index contributed by atoms with van der Waals surface area (Å²) < 4.78 is 5.61. The highest BCUT2D eigenvalue weighted by Gasteiger charge is 2.69. The van der Waals surface area contributed by atoms with Gasteiger partial charge in [-0.25, -0.2) is 0 Å². The molecule has 2 fully saturated rings. The number of nitrogens with zero attached hydrogens (tertiary/aromatic N) is 1. The van der Waals surface area contributed by atoms with Crippen LogP contribution in [0.25, 0.3) is 0 Å². The number of ether oxygens (including phenoxy) is 1. The topological polar surface area (TPSA) is 176 Å². The van der Waals surface area contributed by atoms with E-state index in [1.807, 2.05) is 6.92 Å². The number of hydrogen-bond acceptors (Lipinski definition) is 10. The van der Waals surface area contributed by atoms with Crippen LogP contribution in [0.2, 0.25) is 0 Å². The van der Waals surface area contributed by atoms with Crippen molar-refractivity contribution in [1.82, 2.24) is 10.2 Å². The van der Waals surface area contributed by atoms with E-state index in [9.17, 15) is 34.2 Å². The molecule has 0 spiro atoms.